The van der Waals surface area contributed by atoms with Gasteiger partial charge < -0.3 is 0 Å². The quantitative estimate of drug-likeness (QED) is 0.432. The Morgan fingerprint density at radius 2 is 1.63 bits per heavy atom. The van der Waals surface area contributed by atoms with Crippen LogP contribution in [0.1, 0.15) is 63.0 Å². The topological polar surface area (TPSA) is 17.1 Å². The van der Waals surface area contributed by atoms with Crippen LogP contribution in [-0.4, -0.2) is 5.78 Å². The summed E-state index contributed by atoms with van der Waals surface area (Å²) in [6, 6.07) is 8.23. The zero-order valence-electron chi connectivity index (χ0n) is 12.3. The predicted octanol–water partition coefficient (Wildman–Crippen LogP) is 5.33. The third kappa shape index (κ3) is 7.61. The summed E-state index contributed by atoms with van der Waals surface area (Å²) in [6.07, 6.45) is 11.7. The lowest BCUT2D eigenvalue weighted by Crippen LogP contribution is -1.92. The number of hydrogen-bond donors (Lipinski definition) is 0. The van der Waals surface area contributed by atoms with E-state index < -0.39 is 0 Å². The molecule has 0 amide bonds. The van der Waals surface area contributed by atoms with E-state index in [9.17, 15) is 4.79 Å². The van der Waals surface area contributed by atoms with Crippen LogP contribution in [0.2, 0.25) is 0 Å². The normalized spacial score (nSPS) is 11.1. The molecular weight excluding hydrogens is 232 g/mol. The Hall–Kier alpha value is -1.37. The average molecular weight is 258 g/mol. The monoisotopic (exact) mass is 258 g/mol. The number of rotatable bonds is 9. The van der Waals surface area contributed by atoms with Gasteiger partial charge in [0.2, 0.25) is 0 Å². The zero-order chi connectivity index (χ0) is 13.9. The van der Waals surface area contributed by atoms with Gasteiger partial charge in [0.25, 0.3) is 0 Å². The molecule has 0 bridgehead atoms. The minimum absolute atomic E-state index is 0.246. The van der Waals surface area contributed by atoms with Gasteiger partial charge >= 0.3 is 0 Å². The largest absolute Gasteiger partial charge is 0.295 e. The maximum absolute atomic E-state index is 11.7. The van der Waals surface area contributed by atoms with Crippen molar-refractivity contribution in [2.75, 3.05) is 0 Å². The van der Waals surface area contributed by atoms with Gasteiger partial charge in [0.15, 0.2) is 5.78 Å². The first-order chi connectivity index (χ1) is 9.22. The first-order valence-electron chi connectivity index (χ1n) is 7.50. The number of aryl methyl sites for hydroxylation is 1. The highest BCUT2D eigenvalue weighted by molar-refractivity contribution is 5.93. The predicted molar refractivity (Wildman–Crippen MR) is 83.2 cm³/mol. The Balaban J connectivity index is 2.18. The number of carbonyl (C=O) groups is 1. The van der Waals surface area contributed by atoms with E-state index in [1.807, 2.05) is 18.2 Å². The lowest BCUT2D eigenvalue weighted by Gasteiger charge is -1.99. The molecular formula is C18H26O. The Bertz CT molecular complexity index is 387. The molecule has 0 aliphatic heterocycles. The third-order valence-corrected chi connectivity index (χ3v) is 3.32. The summed E-state index contributed by atoms with van der Waals surface area (Å²) in [4.78, 5) is 11.7. The molecule has 1 heteroatoms. The molecule has 0 N–H and O–H groups in total. The first-order valence-corrected chi connectivity index (χ1v) is 7.50. The molecule has 0 aliphatic carbocycles. The van der Waals surface area contributed by atoms with Crippen molar-refractivity contribution in [3.63, 3.8) is 0 Å². The fraction of sp³-hybridized carbons (Fsp3) is 0.500. The van der Waals surface area contributed by atoms with Gasteiger partial charge in [0.1, 0.15) is 0 Å². The van der Waals surface area contributed by atoms with Gasteiger partial charge in [-0.2, -0.15) is 0 Å². The molecule has 0 fully saturated rings. The van der Waals surface area contributed by atoms with Crippen molar-refractivity contribution in [2.45, 2.75) is 58.8 Å². The van der Waals surface area contributed by atoms with Crippen LogP contribution < -0.4 is 0 Å². The second-order valence-corrected chi connectivity index (χ2v) is 5.23. The molecule has 0 aromatic heterocycles. The van der Waals surface area contributed by atoms with Crippen LogP contribution >= 0.6 is 0 Å². The summed E-state index contributed by atoms with van der Waals surface area (Å²) in [7, 11) is 0. The summed E-state index contributed by atoms with van der Waals surface area (Å²) < 4.78 is 0. The van der Waals surface area contributed by atoms with Crippen molar-refractivity contribution in [3.8, 4) is 0 Å². The molecule has 0 unspecified atom stereocenters. The highest BCUT2D eigenvalue weighted by Gasteiger charge is 1.97. The highest BCUT2D eigenvalue weighted by atomic mass is 16.1. The summed E-state index contributed by atoms with van der Waals surface area (Å²) >= 11 is 0. The average Bonchev–Trinajstić information content (AvgIpc) is 2.42. The fourth-order valence-electron chi connectivity index (χ4n) is 2.03. The molecule has 104 valence electrons. The number of allylic oxidation sites excluding steroid dienone is 1. The van der Waals surface area contributed by atoms with Crippen molar-refractivity contribution in [1.29, 1.82) is 0 Å². The van der Waals surface area contributed by atoms with Crippen LogP contribution in [-0.2, 0) is 4.79 Å². The van der Waals surface area contributed by atoms with Crippen LogP contribution in [0.15, 0.2) is 30.3 Å². The standard InChI is InChI=1S/C18H26O/c1-3-4-5-6-7-8-9-18(19)15-14-17-12-10-16(2)11-13-17/h10-15H,3-9H2,1-2H3/b15-14+. The molecule has 0 saturated heterocycles. The molecule has 0 heterocycles. The molecule has 0 aliphatic rings. The van der Waals surface area contributed by atoms with Crippen LogP contribution in [0.3, 0.4) is 0 Å². The van der Waals surface area contributed by atoms with Crippen molar-refractivity contribution >= 4 is 11.9 Å². The van der Waals surface area contributed by atoms with E-state index in [1.54, 1.807) is 6.08 Å². The van der Waals surface area contributed by atoms with Gasteiger partial charge in [-0.15, -0.1) is 0 Å². The molecule has 0 radical (unpaired) electrons. The zero-order valence-corrected chi connectivity index (χ0v) is 12.3. The summed E-state index contributed by atoms with van der Waals surface area (Å²) in [5.74, 6) is 0.246. The Kier molecular flexibility index (Phi) is 7.88. The second-order valence-electron chi connectivity index (χ2n) is 5.23. The Labute approximate surface area is 117 Å². The number of ketones is 1. The fourth-order valence-corrected chi connectivity index (χ4v) is 2.03. The van der Waals surface area contributed by atoms with E-state index >= 15 is 0 Å². The van der Waals surface area contributed by atoms with Crippen molar-refractivity contribution in [1.82, 2.24) is 0 Å². The van der Waals surface area contributed by atoms with Gasteiger partial charge in [0.05, 0.1) is 0 Å². The lowest BCUT2D eigenvalue weighted by molar-refractivity contribution is -0.114. The van der Waals surface area contributed by atoms with Crippen molar-refractivity contribution < 1.29 is 4.79 Å². The van der Waals surface area contributed by atoms with Crippen LogP contribution in [0.5, 0.6) is 0 Å². The number of carbonyl (C=O) groups excluding carboxylic acids is 1. The number of unbranched alkanes of at least 4 members (excludes halogenated alkanes) is 5. The molecule has 1 nitrogen and oxygen atoms in total. The molecule has 1 rings (SSSR count). The first kappa shape index (κ1) is 15.7. The summed E-state index contributed by atoms with van der Waals surface area (Å²) in [5.41, 5.74) is 2.34. The summed E-state index contributed by atoms with van der Waals surface area (Å²) in [6.45, 7) is 4.29. The van der Waals surface area contributed by atoms with Crippen LogP contribution in [0.25, 0.3) is 6.08 Å². The maximum Gasteiger partial charge on any atom is 0.155 e. The second kappa shape index (κ2) is 9.55. The van der Waals surface area contributed by atoms with E-state index in [-0.39, 0.29) is 5.78 Å². The smallest absolute Gasteiger partial charge is 0.155 e. The molecule has 1 aromatic carbocycles. The van der Waals surface area contributed by atoms with Gasteiger partial charge in [-0.1, -0.05) is 74.9 Å². The highest BCUT2D eigenvalue weighted by Crippen LogP contribution is 2.09. The Morgan fingerprint density at radius 3 is 2.32 bits per heavy atom. The van der Waals surface area contributed by atoms with E-state index in [2.05, 4.69) is 26.0 Å². The molecule has 0 saturated carbocycles. The minimum atomic E-state index is 0.246. The van der Waals surface area contributed by atoms with Crippen molar-refractivity contribution in [2.24, 2.45) is 0 Å². The minimum Gasteiger partial charge on any atom is -0.295 e. The van der Waals surface area contributed by atoms with Gasteiger partial charge in [0, 0.05) is 6.42 Å². The van der Waals surface area contributed by atoms with E-state index in [0.29, 0.717) is 6.42 Å². The number of hydrogen-bond acceptors (Lipinski definition) is 1. The lowest BCUT2D eigenvalue weighted by atomic mass is 10.1. The summed E-state index contributed by atoms with van der Waals surface area (Å²) in [5, 5.41) is 0. The number of benzene rings is 1. The van der Waals surface area contributed by atoms with E-state index in [4.69, 9.17) is 0 Å². The van der Waals surface area contributed by atoms with Gasteiger partial charge in [-0.25, -0.2) is 0 Å². The molecule has 1 aromatic rings. The van der Waals surface area contributed by atoms with E-state index in [1.165, 1.54) is 37.7 Å². The van der Waals surface area contributed by atoms with E-state index in [0.717, 1.165) is 12.0 Å². The van der Waals surface area contributed by atoms with Crippen LogP contribution in [0.4, 0.5) is 0 Å². The van der Waals surface area contributed by atoms with Crippen LogP contribution in [0, 0.1) is 6.92 Å². The van der Waals surface area contributed by atoms with Gasteiger partial charge in [-0.3, -0.25) is 4.79 Å². The molecule has 0 spiro atoms. The SMILES string of the molecule is CCCCCCCCC(=O)/C=C/c1ccc(C)cc1. The molecule has 0 atom stereocenters. The van der Waals surface area contributed by atoms with Crippen molar-refractivity contribution in [3.05, 3.63) is 41.5 Å². The Morgan fingerprint density at radius 1 is 1.00 bits per heavy atom. The molecule has 19 heavy (non-hydrogen) atoms. The maximum atomic E-state index is 11.7. The van der Waals surface area contributed by atoms with Gasteiger partial charge in [-0.05, 0) is 25.0 Å². The third-order valence-electron chi connectivity index (χ3n) is 3.32.